The molecule has 0 unspecified atom stereocenters. The summed E-state index contributed by atoms with van der Waals surface area (Å²) in [4.78, 5) is 41.2. The van der Waals surface area contributed by atoms with Gasteiger partial charge in [0.25, 0.3) is 5.91 Å². The molecule has 3 fully saturated rings. The van der Waals surface area contributed by atoms with Crippen LogP contribution in [0.2, 0.25) is 0 Å². The van der Waals surface area contributed by atoms with Crippen molar-refractivity contribution in [1.29, 1.82) is 0 Å². The average molecular weight is 370 g/mol. The molecule has 3 aliphatic rings. The first-order valence-electron chi connectivity index (χ1n) is 9.79. The number of carboxylic acid groups (broad SMARTS) is 1. The van der Waals surface area contributed by atoms with E-state index in [1.807, 2.05) is 25.1 Å². The molecule has 6 heteroatoms. The van der Waals surface area contributed by atoms with Gasteiger partial charge in [-0.25, -0.2) is 0 Å². The van der Waals surface area contributed by atoms with Gasteiger partial charge < -0.3 is 14.9 Å². The van der Waals surface area contributed by atoms with Gasteiger partial charge in [0.2, 0.25) is 5.91 Å². The number of carbonyl (C=O) groups is 3. The van der Waals surface area contributed by atoms with Crippen LogP contribution in [0.5, 0.6) is 0 Å². The van der Waals surface area contributed by atoms with E-state index in [9.17, 15) is 19.5 Å². The number of aryl methyl sites for hydroxylation is 1. The Morgan fingerprint density at radius 2 is 1.74 bits per heavy atom. The zero-order valence-corrected chi connectivity index (χ0v) is 15.7. The molecule has 2 amide bonds. The largest absolute Gasteiger partial charge is 0.481 e. The van der Waals surface area contributed by atoms with Crippen molar-refractivity contribution in [2.24, 2.45) is 17.3 Å². The highest BCUT2D eigenvalue weighted by Crippen LogP contribution is 2.44. The first-order chi connectivity index (χ1) is 12.9. The van der Waals surface area contributed by atoms with Crippen LogP contribution in [0.1, 0.15) is 41.6 Å². The van der Waals surface area contributed by atoms with E-state index in [0.29, 0.717) is 18.7 Å². The summed E-state index contributed by atoms with van der Waals surface area (Å²) in [5.74, 6) is -1.05. The number of aliphatic carboxylic acids is 1. The third kappa shape index (κ3) is 3.01. The molecular formula is C21H26N2O4. The third-order valence-electron chi connectivity index (χ3n) is 6.60. The second kappa shape index (κ2) is 6.66. The van der Waals surface area contributed by atoms with Gasteiger partial charge in [-0.2, -0.15) is 0 Å². The van der Waals surface area contributed by atoms with Gasteiger partial charge in [0, 0.05) is 43.6 Å². The Hall–Kier alpha value is -2.37. The molecule has 1 aliphatic carbocycles. The van der Waals surface area contributed by atoms with Crippen molar-refractivity contribution >= 4 is 17.8 Å². The molecule has 1 N–H and O–H groups in total. The minimum atomic E-state index is -1.03. The summed E-state index contributed by atoms with van der Waals surface area (Å²) >= 11 is 0. The minimum Gasteiger partial charge on any atom is -0.481 e. The van der Waals surface area contributed by atoms with E-state index >= 15 is 0 Å². The van der Waals surface area contributed by atoms with Gasteiger partial charge >= 0.3 is 5.97 Å². The molecule has 2 saturated heterocycles. The predicted molar refractivity (Wildman–Crippen MR) is 99.2 cm³/mol. The molecule has 0 spiro atoms. The molecule has 2 aliphatic heterocycles. The summed E-state index contributed by atoms with van der Waals surface area (Å²) in [6, 6.07) is 7.38. The van der Waals surface area contributed by atoms with Crippen LogP contribution in [-0.2, 0) is 9.59 Å². The number of hydrogen-bond acceptors (Lipinski definition) is 3. The molecule has 0 aromatic heterocycles. The second-order valence-corrected chi connectivity index (χ2v) is 8.41. The maximum absolute atomic E-state index is 12.9. The number of benzene rings is 1. The topological polar surface area (TPSA) is 77.9 Å². The number of carbonyl (C=O) groups excluding carboxylic acids is 2. The van der Waals surface area contributed by atoms with Gasteiger partial charge in [-0.3, -0.25) is 14.4 Å². The van der Waals surface area contributed by atoms with Crippen LogP contribution in [0.25, 0.3) is 0 Å². The molecule has 4 rings (SSSR count). The maximum atomic E-state index is 12.9. The van der Waals surface area contributed by atoms with Crippen LogP contribution in [0, 0.1) is 24.2 Å². The van der Waals surface area contributed by atoms with E-state index in [1.54, 1.807) is 15.9 Å². The van der Waals surface area contributed by atoms with E-state index in [0.717, 1.165) is 31.2 Å². The lowest BCUT2D eigenvalue weighted by Crippen LogP contribution is -2.44. The lowest BCUT2D eigenvalue weighted by atomic mass is 9.81. The fourth-order valence-corrected chi connectivity index (χ4v) is 5.08. The maximum Gasteiger partial charge on any atom is 0.313 e. The van der Waals surface area contributed by atoms with Crippen molar-refractivity contribution in [3.05, 3.63) is 35.4 Å². The van der Waals surface area contributed by atoms with Gasteiger partial charge in [-0.1, -0.05) is 30.5 Å². The standard InChI is InChI=1S/C21H26N2O4/c1-14-5-4-8-16(9-14)19(25)23-11-17-10-22(12-21(17,13-23)20(26)27)18(24)15-6-2-3-7-15/h4-5,8-9,15,17H,2-3,6-7,10-13H2,1H3,(H,26,27)/t17-,21-/m1/s1. The van der Waals surface area contributed by atoms with Crippen LogP contribution in [0.15, 0.2) is 24.3 Å². The van der Waals surface area contributed by atoms with E-state index in [1.165, 1.54) is 0 Å². The number of hydrogen-bond donors (Lipinski definition) is 1. The van der Waals surface area contributed by atoms with Crippen LogP contribution in [0.3, 0.4) is 0 Å². The summed E-state index contributed by atoms with van der Waals surface area (Å²) in [7, 11) is 0. The molecule has 6 nitrogen and oxygen atoms in total. The Kier molecular flexibility index (Phi) is 4.44. The molecule has 144 valence electrons. The minimum absolute atomic E-state index is 0.0553. The number of carboxylic acids is 1. The first kappa shape index (κ1) is 18.0. The second-order valence-electron chi connectivity index (χ2n) is 8.41. The molecule has 1 saturated carbocycles. The number of fused-ring (bicyclic) bond motifs is 1. The molecule has 27 heavy (non-hydrogen) atoms. The van der Waals surface area contributed by atoms with Gasteiger partial charge in [0.05, 0.1) is 0 Å². The molecule has 1 aromatic rings. The molecular weight excluding hydrogens is 344 g/mol. The van der Waals surface area contributed by atoms with Crippen LogP contribution < -0.4 is 0 Å². The molecule has 2 atom stereocenters. The van der Waals surface area contributed by atoms with Crippen LogP contribution in [-0.4, -0.2) is 58.9 Å². The fraction of sp³-hybridized carbons (Fsp3) is 0.571. The third-order valence-corrected chi connectivity index (χ3v) is 6.60. The highest BCUT2D eigenvalue weighted by atomic mass is 16.4. The molecule has 0 radical (unpaired) electrons. The van der Waals surface area contributed by atoms with Gasteiger partial charge in [0.1, 0.15) is 5.41 Å². The highest BCUT2D eigenvalue weighted by molar-refractivity contribution is 5.95. The van der Waals surface area contributed by atoms with Crippen molar-refractivity contribution in [1.82, 2.24) is 9.80 Å². The number of amides is 2. The Morgan fingerprint density at radius 3 is 2.37 bits per heavy atom. The lowest BCUT2D eigenvalue weighted by Gasteiger charge is -2.27. The summed E-state index contributed by atoms with van der Waals surface area (Å²) in [5.41, 5.74) is 0.559. The fourth-order valence-electron chi connectivity index (χ4n) is 5.08. The van der Waals surface area contributed by atoms with Gasteiger partial charge in [-0.15, -0.1) is 0 Å². The number of likely N-dealkylation sites (tertiary alicyclic amines) is 2. The van der Waals surface area contributed by atoms with Crippen LogP contribution in [0.4, 0.5) is 0 Å². The molecule has 1 aromatic carbocycles. The SMILES string of the molecule is Cc1cccc(C(=O)N2C[C@H]3CN(C(=O)C4CCCC4)C[C@@]3(C(=O)O)C2)c1. The van der Waals surface area contributed by atoms with Crippen molar-refractivity contribution in [2.75, 3.05) is 26.2 Å². The van der Waals surface area contributed by atoms with E-state index < -0.39 is 11.4 Å². The first-order valence-corrected chi connectivity index (χ1v) is 9.79. The monoisotopic (exact) mass is 370 g/mol. The zero-order chi connectivity index (χ0) is 19.2. The quantitative estimate of drug-likeness (QED) is 0.885. The van der Waals surface area contributed by atoms with Crippen molar-refractivity contribution in [3.63, 3.8) is 0 Å². The van der Waals surface area contributed by atoms with Crippen molar-refractivity contribution in [3.8, 4) is 0 Å². The Morgan fingerprint density at radius 1 is 1.07 bits per heavy atom. The summed E-state index contributed by atoms with van der Waals surface area (Å²) < 4.78 is 0. The molecule has 2 heterocycles. The average Bonchev–Trinajstić information content (AvgIpc) is 3.35. The van der Waals surface area contributed by atoms with Gasteiger partial charge in [-0.05, 0) is 31.9 Å². The lowest BCUT2D eigenvalue weighted by molar-refractivity contribution is -0.149. The number of nitrogens with zero attached hydrogens (tertiary/aromatic N) is 2. The smallest absolute Gasteiger partial charge is 0.313 e. The highest BCUT2D eigenvalue weighted by Gasteiger charge is 2.59. The normalized spacial score (nSPS) is 27.8. The Bertz CT molecular complexity index is 786. The zero-order valence-electron chi connectivity index (χ0n) is 15.7. The van der Waals surface area contributed by atoms with Gasteiger partial charge in [0.15, 0.2) is 0 Å². The van der Waals surface area contributed by atoms with Crippen LogP contribution >= 0.6 is 0 Å². The number of rotatable bonds is 3. The summed E-state index contributed by atoms with van der Waals surface area (Å²) in [6.07, 6.45) is 3.99. The molecule has 0 bridgehead atoms. The summed E-state index contributed by atoms with van der Waals surface area (Å²) in [6.45, 7) is 3.17. The van der Waals surface area contributed by atoms with E-state index in [-0.39, 0.29) is 36.7 Å². The van der Waals surface area contributed by atoms with E-state index in [4.69, 9.17) is 0 Å². The Balaban J connectivity index is 1.51. The van der Waals surface area contributed by atoms with Crippen molar-refractivity contribution < 1.29 is 19.5 Å². The van der Waals surface area contributed by atoms with E-state index in [2.05, 4.69) is 0 Å². The predicted octanol–water partition coefficient (Wildman–Crippen LogP) is 2.17. The van der Waals surface area contributed by atoms with Crippen molar-refractivity contribution in [2.45, 2.75) is 32.6 Å². The Labute approximate surface area is 159 Å². The summed E-state index contributed by atoms with van der Waals surface area (Å²) in [5, 5.41) is 9.98.